The average molecular weight is 319 g/mol. The third-order valence-electron chi connectivity index (χ3n) is 3.90. The fourth-order valence-electron chi connectivity index (χ4n) is 2.90. The standard InChI is InChI=1S/C15H15ClN4O2/c1-9(21)12-5-13(16)14-10(6-17)7-18-20(14)15(12)19-4-2-3-11(22)8-19/h5,7,11,22H,2-4,8H2,1H3. The fourth-order valence-corrected chi connectivity index (χ4v) is 3.20. The lowest BCUT2D eigenvalue weighted by molar-refractivity contribution is 0.101. The average Bonchev–Trinajstić information content (AvgIpc) is 2.91. The number of rotatable bonds is 2. The summed E-state index contributed by atoms with van der Waals surface area (Å²) in [4.78, 5) is 13.9. The molecule has 0 amide bonds. The first-order chi connectivity index (χ1) is 10.5. The molecule has 6 nitrogen and oxygen atoms in total. The Hall–Kier alpha value is -2.10. The molecule has 1 aliphatic heterocycles. The third-order valence-corrected chi connectivity index (χ3v) is 4.19. The van der Waals surface area contributed by atoms with Crippen LogP contribution in [-0.2, 0) is 0 Å². The highest BCUT2D eigenvalue weighted by atomic mass is 35.5. The molecule has 1 unspecified atom stereocenters. The quantitative estimate of drug-likeness (QED) is 0.857. The van der Waals surface area contributed by atoms with Crippen molar-refractivity contribution in [3.63, 3.8) is 0 Å². The Morgan fingerprint density at radius 1 is 1.59 bits per heavy atom. The zero-order valence-corrected chi connectivity index (χ0v) is 12.8. The van der Waals surface area contributed by atoms with Crippen LogP contribution >= 0.6 is 11.6 Å². The van der Waals surface area contributed by atoms with Crippen molar-refractivity contribution in [3.05, 3.63) is 28.4 Å². The minimum Gasteiger partial charge on any atom is -0.391 e. The molecule has 114 valence electrons. The van der Waals surface area contributed by atoms with Gasteiger partial charge in [0, 0.05) is 13.1 Å². The zero-order valence-electron chi connectivity index (χ0n) is 12.1. The molecule has 0 saturated carbocycles. The van der Waals surface area contributed by atoms with Crippen LogP contribution in [0.4, 0.5) is 5.82 Å². The number of aliphatic hydroxyl groups is 1. The number of hydrogen-bond donors (Lipinski definition) is 1. The van der Waals surface area contributed by atoms with Crippen molar-refractivity contribution in [3.8, 4) is 6.07 Å². The first-order valence-electron chi connectivity index (χ1n) is 7.07. The Bertz CT molecular complexity index is 793. The predicted octanol–water partition coefficient (Wildman–Crippen LogP) is 2.02. The fraction of sp³-hybridized carbons (Fsp3) is 0.400. The van der Waals surface area contributed by atoms with Gasteiger partial charge in [-0.1, -0.05) is 11.6 Å². The molecule has 3 heterocycles. The summed E-state index contributed by atoms with van der Waals surface area (Å²) in [5.74, 6) is 0.458. The molecular weight excluding hydrogens is 304 g/mol. The number of nitriles is 1. The molecule has 0 spiro atoms. The van der Waals surface area contributed by atoms with Crippen molar-refractivity contribution in [1.82, 2.24) is 9.61 Å². The molecule has 2 aromatic rings. The van der Waals surface area contributed by atoms with Crippen LogP contribution in [-0.4, -0.2) is 39.7 Å². The SMILES string of the molecule is CC(=O)c1cc(Cl)c2c(C#N)cnn2c1N1CCCC(O)C1. The number of β-amino-alcohol motifs (C(OH)–C–C–N with tert-alkyl or cyclic N) is 1. The second kappa shape index (κ2) is 5.59. The summed E-state index contributed by atoms with van der Waals surface area (Å²) >= 11 is 6.24. The number of piperidine rings is 1. The molecule has 3 rings (SSSR count). The van der Waals surface area contributed by atoms with E-state index in [1.54, 1.807) is 6.07 Å². The van der Waals surface area contributed by atoms with Crippen molar-refractivity contribution in [2.75, 3.05) is 18.0 Å². The summed E-state index contributed by atoms with van der Waals surface area (Å²) in [6.07, 6.45) is 2.57. The van der Waals surface area contributed by atoms with Crippen LogP contribution in [0.1, 0.15) is 35.7 Å². The number of aromatic nitrogens is 2. The van der Waals surface area contributed by atoms with Crippen LogP contribution in [0.3, 0.4) is 0 Å². The Morgan fingerprint density at radius 3 is 3.00 bits per heavy atom. The number of Topliss-reactive ketones (excluding diaryl/α,β-unsaturated/α-hetero) is 1. The number of carbonyl (C=O) groups is 1. The number of ketones is 1. The van der Waals surface area contributed by atoms with E-state index in [1.807, 2.05) is 4.90 Å². The maximum atomic E-state index is 12.0. The van der Waals surface area contributed by atoms with Crippen LogP contribution in [0.25, 0.3) is 5.52 Å². The molecule has 2 aromatic heterocycles. The third kappa shape index (κ3) is 2.32. The van der Waals surface area contributed by atoms with Crippen molar-refractivity contribution in [2.24, 2.45) is 0 Å². The van der Waals surface area contributed by atoms with Gasteiger partial charge in [0.05, 0.1) is 28.5 Å². The van der Waals surface area contributed by atoms with Gasteiger partial charge in [0.25, 0.3) is 0 Å². The lowest BCUT2D eigenvalue weighted by Gasteiger charge is -2.33. The summed E-state index contributed by atoms with van der Waals surface area (Å²) in [5, 5.41) is 23.6. The molecule has 1 N–H and O–H groups in total. The summed E-state index contributed by atoms with van der Waals surface area (Å²) in [5.41, 5.74) is 1.29. The molecule has 1 fully saturated rings. The molecule has 1 aliphatic rings. The molecule has 22 heavy (non-hydrogen) atoms. The van der Waals surface area contributed by atoms with E-state index in [2.05, 4.69) is 11.2 Å². The topological polar surface area (TPSA) is 81.6 Å². The van der Waals surface area contributed by atoms with E-state index in [0.29, 0.717) is 34.0 Å². The largest absolute Gasteiger partial charge is 0.391 e. The minimum absolute atomic E-state index is 0.132. The van der Waals surface area contributed by atoms with Gasteiger partial charge in [-0.15, -0.1) is 0 Å². The maximum Gasteiger partial charge on any atom is 0.163 e. The Kier molecular flexibility index (Phi) is 3.77. The number of anilines is 1. The number of fused-ring (bicyclic) bond motifs is 1. The van der Waals surface area contributed by atoms with Gasteiger partial charge in [-0.05, 0) is 25.8 Å². The number of aliphatic hydroxyl groups excluding tert-OH is 1. The number of nitrogens with zero attached hydrogens (tertiary/aromatic N) is 4. The van der Waals surface area contributed by atoms with Gasteiger partial charge in [0.2, 0.25) is 0 Å². The summed E-state index contributed by atoms with van der Waals surface area (Å²) < 4.78 is 1.54. The smallest absolute Gasteiger partial charge is 0.163 e. The minimum atomic E-state index is -0.440. The van der Waals surface area contributed by atoms with Crippen molar-refractivity contribution in [1.29, 1.82) is 5.26 Å². The monoisotopic (exact) mass is 318 g/mol. The van der Waals surface area contributed by atoms with Gasteiger partial charge < -0.3 is 10.0 Å². The van der Waals surface area contributed by atoms with Crippen LogP contribution < -0.4 is 4.90 Å². The zero-order chi connectivity index (χ0) is 15.9. The normalized spacial score (nSPS) is 18.5. The number of hydrogen-bond acceptors (Lipinski definition) is 5. The number of carbonyl (C=O) groups excluding carboxylic acids is 1. The van der Waals surface area contributed by atoms with Crippen LogP contribution in [0.5, 0.6) is 0 Å². The molecule has 1 atom stereocenters. The highest BCUT2D eigenvalue weighted by molar-refractivity contribution is 6.34. The molecule has 7 heteroatoms. The van der Waals surface area contributed by atoms with Crippen molar-refractivity contribution >= 4 is 28.7 Å². The summed E-state index contributed by atoms with van der Waals surface area (Å²) in [7, 11) is 0. The number of pyridine rings is 1. The predicted molar refractivity (Wildman–Crippen MR) is 82.4 cm³/mol. The van der Waals surface area contributed by atoms with Crippen molar-refractivity contribution < 1.29 is 9.90 Å². The highest BCUT2D eigenvalue weighted by Crippen LogP contribution is 2.32. The lowest BCUT2D eigenvalue weighted by atomic mass is 10.1. The lowest BCUT2D eigenvalue weighted by Crippen LogP contribution is -2.40. The first kappa shape index (κ1) is 14.8. The van der Waals surface area contributed by atoms with Crippen LogP contribution in [0, 0.1) is 11.3 Å². The van der Waals surface area contributed by atoms with Gasteiger partial charge >= 0.3 is 0 Å². The van der Waals surface area contributed by atoms with E-state index >= 15 is 0 Å². The number of halogens is 1. The van der Waals surface area contributed by atoms with E-state index in [1.165, 1.54) is 17.6 Å². The van der Waals surface area contributed by atoms with Crippen molar-refractivity contribution in [2.45, 2.75) is 25.9 Å². The van der Waals surface area contributed by atoms with E-state index in [9.17, 15) is 15.2 Å². The van der Waals surface area contributed by atoms with Gasteiger partial charge in [0.1, 0.15) is 17.4 Å². The second-order valence-corrected chi connectivity index (χ2v) is 5.87. The molecule has 1 saturated heterocycles. The molecule has 0 aliphatic carbocycles. The Morgan fingerprint density at radius 2 is 2.36 bits per heavy atom. The molecule has 0 radical (unpaired) electrons. The van der Waals surface area contributed by atoms with Crippen LogP contribution in [0.15, 0.2) is 12.3 Å². The summed E-state index contributed by atoms with van der Waals surface area (Å²) in [6, 6.07) is 3.64. The highest BCUT2D eigenvalue weighted by Gasteiger charge is 2.26. The second-order valence-electron chi connectivity index (χ2n) is 5.46. The van der Waals surface area contributed by atoms with E-state index in [-0.39, 0.29) is 5.78 Å². The molecule has 0 aromatic carbocycles. The Labute approximate surface area is 132 Å². The van der Waals surface area contributed by atoms with Gasteiger partial charge in [0.15, 0.2) is 5.78 Å². The summed E-state index contributed by atoms with van der Waals surface area (Å²) in [6.45, 7) is 2.62. The van der Waals surface area contributed by atoms with E-state index in [0.717, 1.165) is 19.4 Å². The molecular formula is C15H15ClN4O2. The maximum absolute atomic E-state index is 12.0. The van der Waals surface area contributed by atoms with E-state index in [4.69, 9.17) is 11.6 Å². The van der Waals surface area contributed by atoms with E-state index < -0.39 is 6.10 Å². The van der Waals surface area contributed by atoms with Crippen LogP contribution in [0.2, 0.25) is 5.02 Å². The van der Waals surface area contributed by atoms with Gasteiger partial charge in [-0.3, -0.25) is 4.79 Å². The van der Waals surface area contributed by atoms with Gasteiger partial charge in [-0.25, -0.2) is 4.52 Å². The Balaban J connectivity index is 2.28. The first-order valence-corrected chi connectivity index (χ1v) is 7.45. The van der Waals surface area contributed by atoms with Gasteiger partial charge in [-0.2, -0.15) is 10.4 Å². The molecule has 0 bridgehead atoms.